The predicted octanol–water partition coefficient (Wildman–Crippen LogP) is 1.86. The van der Waals surface area contributed by atoms with Crippen LogP contribution in [0.2, 0.25) is 0 Å². The van der Waals surface area contributed by atoms with E-state index in [0.29, 0.717) is 0 Å². The lowest BCUT2D eigenvalue weighted by molar-refractivity contribution is -0.131. The molecule has 10 heteroatoms. The zero-order valence-electron chi connectivity index (χ0n) is 16.8. The summed E-state index contributed by atoms with van der Waals surface area (Å²) in [6.45, 7) is 0. The summed E-state index contributed by atoms with van der Waals surface area (Å²) in [5, 5.41) is 69.8. The lowest BCUT2D eigenvalue weighted by atomic mass is 9.94. The van der Waals surface area contributed by atoms with E-state index in [4.69, 9.17) is 9.84 Å². The quantitative estimate of drug-likeness (QED) is 0.228. The van der Waals surface area contributed by atoms with Crippen LogP contribution in [0.1, 0.15) is 22.8 Å². The first-order chi connectivity index (χ1) is 15.6. The molecule has 2 atom stereocenters. The topological polar surface area (TPSA) is 185 Å². The van der Waals surface area contributed by atoms with Gasteiger partial charge in [-0.05, 0) is 40.8 Å². The highest BCUT2D eigenvalue weighted by atomic mass is 16.5. The number of aliphatic hydroxyl groups excluding tert-OH is 1. The van der Waals surface area contributed by atoms with Gasteiger partial charge in [0, 0.05) is 30.2 Å². The number of hydrogen-bond donors (Lipinski definition) is 7. The van der Waals surface area contributed by atoms with E-state index < -0.39 is 46.2 Å². The van der Waals surface area contributed by atoms with Crippen LogP contribution in [-0.4, -0.2) is 47.8 Å². The third-order valence-electron chi connectivity index (χ3n) is 5.35. The molecule has 0 saturated heterocycles. The zero-order valence-corrected chi connectivity index (χ0v) is 16.8. The number of hydrogen-bond acceptors (Lipinski definition) is 9. The van der Waals surface area contributed by atoms with Crippen molar-refractivity contribution in [3.05, 3.63) is 63.3 Å². The fourth-order valence-corrected chi connectivity index (χ4v) is 3.85. The van der Waals surface area contributed by atoms with Crippen molar-refractivity contribution in [1.29, 1.82) is 0 Å². The van der Waals surface area contributed by atoms with Gasteiger partial charge >= 0.3 is 5.97 Å². The summed E-state index contributed by atoms with van der Waals surface area (Å²) in [5.74, 6) is -4.18. The van der Waals surface area contributed by atoms with Crippen molar-refractivity contribution in [3.8, 4) is 34.5 Å². The number of aromatic hydroxyl groups is 5. The van der Waals surface area contributed by atoms with E-state index in [1.165, 1.54) is 12.1 Å². The van der Waals surface area contributed by atoms with Crippen LogP contribution in [0.5, 0.6) is 34.5 Å². The molecule has 33 heavy (non-hydrogen) atoms. The largest absolute Gasteiger partial charge is 0.508 e. The van der Waals surface area contributed by atoms with E-state index in [0.717, 1.165) is 30.4 Å². The van der Waals surface area contributed by atoms with Gasteiger partial charge in [0.15, 0.2) is 17.2 Å². The molecule has 1 aliphatic heterocycles. The average Bonchev–Trinajstić information content (AvgIpc) is 2.86. The lowest BCUT2D eigenvalue weighted by Gasteiger charge is -2.31. The van der Waals surface area contributed by atoms with Crippen molar-refractivity contribution >= 4 is 22.8 Å². The molecule has 0 unspecified atom stereocenters. The van der Waals surface area contributed by atoms with Gasteiger partial charge < -0.3 is 40.5 Å². The minimum absolute atomic E-state index is 0.00208. The summed E-state index contributed by atoms with van der Waals surface area (Å²) in [6, 6.07) is 5.65. The normalized spacial score (nSPS) is 17.6. The van der Waals surface area contributed by atoms with E-state index in [-0.39, 0.29) is 45.7 Å². The van der Waals surface area contributed by atoms with Crippen LogP contribution in [0.4, 0.5) is 0 Å². The smallest absolute Gasteiger partial charge is 0.328 e. The SMILES string of the molecule is O=C(O)/C=C/c1cc(O)c(O)c2c(O)c(=O)cc([C@H]3Oc4cc(O)cc(O)c4C[C@H]3O)cc12. The number of phenols is 4. The maximum atomic E-state index is 12.6. The maximum absolute atomic E-state index is 12.6. The number of carboxylic acid groups (broad SMARTS) is 1. The van der Waals surface area contributed by atoms with Crippen molar-refractivity contribution in [1.82, 2.24) is 0 Å². The van der Waals surface area contributed by atoms with Gasteiger partial charge in [-0.3, -0.25) is 4.79 Å². The number of aliphatic hydroxyl groups is 1. The molecule has 0 fully saturated rings. The Morgan fingerprint density at radius 1 is 0.970 bits per heavy atom. The van der Waals surface area contributed by atoms with E-state index in [2.05, 4.69) is 0 Å². The molecule has 0 saturated carbocycles. The van der Waals surface area contributed by atoms with Gasteiger partial charge in [0.2, 0.25) is 5.43 Å². The van der Waals surface area contributed by atoms with Crippen LogP contribution >= 0.6 is 0 Å². The van der Waals surface area contributed by atoms with Gasteiger partial charge in [-0.2, -0.15) is 0 Å². The Kier molecular flexibility index (Phi) is 5.22. The minimum Gasteiger partial charge on any atom is -0.508 e. The third-order valence-corrected chi connectivity index (χ3v) is 5.35. The number of rotatable bonds is 3. The second-order valence-electron chi connectivity index (χ2n) is 7.55. The number of benzene rings is 2. The first-order valence-corrected chi connectivity index (χ1v) is 9.63. The van der Waals surface area contributed by atoms with E-state index in [9.17, 15) is 40.2 Å². The summed E-state index contributed by atoms with van der Waals surface area (Å²) in [4.78, 5) is 23.6. The van der Waals surface area contributed by atoms with Gasteiger partial charge in [-0.1, -0.05) is 0 Å². The van der Waals surface area contributed by atoms with Gasteiger partial charge in [-0.25, -0.2) is 4.79 Å². The molecule has 0 aliphatic carbocycles. The molecule has 10 nitrogen and oxygen atoms in total. The number of fused-ring (bicyclic) bond motifs is 2. The molecule has 3 aromatic carbocycles. The number of ether oxygens (including phenoxy) is 1. The first kappa shape index (κ1) is 21.8. The summed E-state index contributed by atoms with van der Waals surface area (Å²) < 4.78 is 5.75. The Morgan fingerprint density at radius 2 is 1.70 bits per heavy atom. The maximum Gasteiger partial charge on any atom is 0.328 e. The average molecular weight is 454 g/mol. The highest BCUT2D eigenvalue weighted by Crippen LogP contribution is 2.44. The Morgan fingerprint density at radius 3 is 2.39 bits per heavy atom. The third kappa shape index (κ3) is 3.83. The molecule has 1 heterocycles. The van der Waals surface area contributed by atoms with Crippen LogP contribution < -0.4 is 10.2 Å². The minimum atomic E-state index is -1.30. The number of aliphatic carboxylic acids is 1. The summed E-state index contributed by atoms with van der Waals surface area (Å²) in [7, 11) is 0. The van der Waals surface area contributed by atoms with Crippen LogP contribution in [0, 0.1) is 0 Å². The summed E-state index contributed by atoms with van der Waals surface area (Å²) in [6.07, 6.45) is -0.660. The molecule has 0 radical (unpaired) electrons. The standard InChI is InChI=1S/C23H18O10/c24-11-6-14(25)13-8-17(28)23(33-18(13)7-11)10-3-12-9(1-2-19(29)30)4-15(26)21(31)20(12)22(32)16(27)5-10/h1-7,17,23-26,28,31H,8H2,(H,27,32)(H,29,30)/b2-1+/t17-,23-/m1/s1. The Hall–Kier alpha value is -4.44. The van der Waals surface area contributed by atoms with Crippen molar-refractivity contribution < 1.29 is 45.3 Å². The monoisotopic (exact) mass is 454 g/mol. The first-order valence-electron chi connectivity index (χ1n) is 9.63. The molecular formula is C23H18O10. The van der Waals surface area contributed by atoms with Crippen molar-refractivity contribution in [3.63, 3.8) is 0 Å². The van der Waals surface area contributed by atoms with Crippen molar-refractivity contribution in [2.45, 2.75) is 18.6 Å². The molecular weight excluding hydrogens is 436 g/mol. The Bertz CT molecular complexity index is 1390. The van der Waals surface area contributed by atoms with Crippen LogP contribution in [0.15, 0.2) is 41.2 Å². The molecule has 0 amide bonds. The van der Waals surface area contributed by atoms with Crippen LogP contribution in [0.25, 0.3) is 16.8 Å². The lowest BCUT2D eigenvalue weighted by Crippen LogP contribution is -2.30. The Balaban J connectivity index is 1.98. The number of carbonyl (C=O) groups is 1. The van der Waals surface area contributed by atoms with E-state index in [1.54, 1.807) is 0 Å². The predicted molar refractivity (Wildman–Crippen MR) is 115 cm³/mol. The second-order valence-corrected chi connectivity index (χ2v) is 7.55. The fraction of sp³-hybridized carbons (Fsp3) is 0.130. The molecule has 1 aliphatic rings. The highest BCUT2D eigenvalue weighted by molar-refractivity contribution is 6.01. The molecule has 170 valence electrons. The van der Waals surface area contributed by atoms with Crippen LogP contribution in [0.3, 0.4) is 0 Å². The molecule has 4 rings (SSSR count). The van der Waals surface area contributed by atoms with Gasteiger partial charge in [0.25, 0.3) is 0 Å². The van der Waals surface area contributed by atoms with Gasteiger partial charge in [-0.15, -0.1) is 0 Å². The number of carboxylic acids is 1. The molecule has 0 bridgehead atoms. The zero-order chi connectivity index (χ0) is 24.0. The van der Waals surface area contributed by atoms with Crippen molar-refractivity contribution in [2.75, 3.05) is 0 Å². The van der Waals surface area contributed by atoms with E-state index in [1.807, 2.05) is 0 Å². The fourth-order valence-electron chi connectivity index (χ4n) is 3.85. The molecule has 3 aromatic rings. The van der Waals surface area contributed by atoms with Crippen molar-refractivity contribution in [2.24, 2.45) is 0 Å². The second kappa shape index (κ2) is 7.92. The van der Waals surface area contributed by atoms with E-state index >= 15 is 0 Å². The molecule has 0 aromatic heterocycles. The highest BCUT2D eigenvalue weighted by Gasteiger charge is 2.33. The summed E-state index contributed by atoms with van der Waals surface area (Å²) in [5.41, 5.74) is -0.605. The Labute approximate surface area is 185 Å². The molecule has 0 spiro atoms. The van der Waals surface area contributed by atoms with Gasteiger partial charge in [0.05, 0.1) is 11.5 Å². The summed E-state index contributed by atoms with van der Waals surface area (Å²) >= 11 is 0. The van der Waals surface area contributed by atoms with Crippen LogP contribution in [-0.2, 0) is 11.2 Å². The number of phenolic OH excluding ortho intramolecular Hbond substituents is 4. The molecule has 7 N–H and O–H groups in total. The van der Waals surface area contributed by atoms with Gasteiger partial charge in [0.1, 0.15) is 23.4 Å².